The Morgan fingerprint density at radius 2 is 1.40 bits per heavy atom. The smallest absolute Gasteiger partial charge is 0.244 e. The van der Waals surface area contributed by atoms with Crippen LogP contribution in [0.15, 0.2) is 24.3 Å². The van der Waals surface area contributed by atoms with Crippen LogP contribution in [0.25, 0.3) is 0 Å². The number of anilines is 2. The molecule has 3 rings (SSSR count). The standard InChI is InChI=1S/C21H32N4O3.2ClH/c22-21(10-14-28-15-11-21)20(27)24-18-8-6-17(7-9-18)23-19(26)16-25-12-4-2-1-3-5-13-25;;/h6-9H,1-5,10-16,22H2,(H,23,26)(H,24,27);2*1H. The molecule has 0 atom stereocenters. The number of carbonyl (C=O) groups is 2. The quantitative estimate of drug-likeness (QED) is 0.626. The molecule has 170 valence electrons. The molecule has 1 aromatic rings. The van der Waals surface area contributed by atoms with Gasteiger partial charge in [0.1, 0.15) is 5.54 Å². The van der Waals surface area contributed by atoms with Crippen LogP contribution in [0.5, 0.6) is 0 Å². The second kappa shape index (κ2) is 13.1. The Balaban J connectivity index is 0.00000225. The summed E-state index contributed by atoms with van der Waals surface area (Å²) in [5.74, 6) is -0.190. The lowest BCUT2D eigenvalue weighted by Gasteiger charge is -2.31. The lowest BCUT2D eigenvalue weighted by molar-refractivity contribution is -0.124. The molecule has 9 heteroatoms. The molecule has 0 bridgehead atoms. The maximum atomic E-state index is 12.5. The van der Waals surface area contributed by atoms with Crippen molar-refractivity contribution < 1.29 is 14.3 Å². The first kappa shape index (κ1) is 26.7. The lowest BCUT2D eigenvalue weighted by atomic mass is 9.90. The molecule has 4 N–H and O–H groups in total. The van der Waals surface area contributed by atoms with Crippen molar-refractivity contribution in [1.82, 2.24) is 4.90 Å². The monoisotopic (exact) mass is 460 g/mol. The van der Waals surface area contributed by atoms with E-state index in [1.54, 1.807) is 24.3 Å². The molecular formula is C21H34Cl2N4O3. The Hall–Kier alpha value is -1.38. The highest BCUT2D eigenvalue weighted by Crippen LogP contribution is 2.21. The summed E-state index contributed by atoms with van der Waals surface area (Å²) in [6, 6.07) is 7.17. The molecule has 0 aliphatic carbocycles. The summed E-state index contributed by atoms with van der Waals surface area (Å²) in [5, 5.41) is 5.81. The maximum absolute atomic E-state index is 12.5. The fourth-order valence-electron chi connectivity index (χ4n) is 3.73. The van der Waals surface area contributed by atoms with Gasteiger partial charge in [-0.1, -0.05) is 19.3 Å². The molecule has 2 aliphatic heterocycles. The number of amides is 2. The molecule has 2 aliphatic rings. The number of likely N-dealkylation sites (tertiary alicyclic amines) is 1. The van der Waals surface area contributed by atoms with E-state index in [0.717, 1.165) is 31.6 Å². The summed E-state index contributed by atoms with van der Waals surface area (Å²) in [7, 11) is 0. The minimum absolute atomic E-state index is 0. The van der Waals surface area contributed by atoms with E-state index in [9.17, 15) is 9.59 Å². The van der Waals surface area contributed by atoms with Crippen LogP contribution < -0.4 is 16.4 Å². The average molecular weight is 461 g/mol. The number of carbonyl (C=O) groups excluding carboxylic acids is 2. The fourth-order valence-corrected chi connectivity index (χ4v) is 3.73. The summed E-state index contributed by atoms with van der Waals surface area (Å²) < 4.78 is 5.28. The van der Waals surface area contributed by atoms with Gasteiger partial charge < -0.3 is 21.1 Å². The molecular weight excluding hydrogens is 427 g/mol. The fraction of sp³-hybridized carbons (Fsp3) is 0.619. The molecule has 2 fully saturated rings. The van der Waals surface area contributed by atoms with Crippen LogP contribution in [0.3, 0.4) is 0 Å². The first-order chi connectivity index (χ1) is 13.5. The number of benzene rings is 1. The normalized spacial score (nSPS) is 19.2. The highest BCUT2D eigenvalue weighted by molar-refractivity contribution is 5.98. The van der Waals surface area contributed by atoms with Gasteiger partial charge in [-0.2, -0.15) is 0 Å². The van der Waals surface area contributed by atoms with Gasteiger partial charge >= 0.3 is 0 Å². The first-order valence-corrected chi connectivity index (χ1v) is 10.4. The van der Waals surface area contributed by atoms with E-state index in [2.05, 4.69) is 15.5 Å². The van der Waals surface area contributed by atoms with E-state index in [0.29, 0.717) is 38.3 Å². The van der Waals surface area contributed by atoms with Gasteiger partial charge in [0.25, 0.3) is 0 Å². The number of hydrogen-bond acceptors (Lipinski definition) is 5. The number of nitrogens with zero attached hydrogens (tertiary/aromatic N) is 1. The van der Waals surface area contributed by atoms with E-state index in [1.165, 1.54) is 19.3 Å². The van der Waals surface area contributed by atoms with Crippen molar-refractivity contribution in [3.63, 3.8) is 0 Å². The van der Waals surface area contributed by atoms with Gasteiger partial charge in [-0.05, 0) is 63.0 Å². The van der Waals surface area contributed by atoms with Gasteiger partial charge in [-0.3, -0.25) is 14.5 Å². The number of hydrogen-bond donors (Lipinski definition) is 3. The van der Waals surface area contributed by atoms with Gasteiger partial charge in [0, 0.05) is 24.6 Å². The van der Waals surface area contributed by atoms with Crippen molar-refractivity contribution in [2.45, 2.75) is 50.5 Å². The molecule has 0 aromatic heterocycles. The summed E-state index contributed by atoms with van der Waals surface area (Å²) in [4.78, 5) is 27.0. The van der Waals surface area contributed by atoms with Crippen molar-refractivity contribution in [3.8, 4) is 0 Å². The average Bonchev–Trinajstić information content (AvgIpc) is 2.66. The van der Waals surface area contributed by atoms with Crippen LogP contribution in [0.2, 0.25) is 0 Å². The van der Waals surface area contributed by atoms with E-state index in [4.69, 9.17) is 10.5 Å². The van der Waals surface area contributed by atoms with Crippen molar-refractivity contribution in [2.75, 3.05) is 43.5 Å². The molecule has 1 aromatic carbocycles. The largest absolute Gasteiger partial charge is 0.381 e. The zero-order chi connectivity index (χ0) is 19.8. The second-order valence-electron chi connectivity index (χ2n) is 7.89. The molecule has 0 unspecified atom stereocenters. The number of halogens is 2. The Labute approximate surface area is 191 Å². The van der Waals surface area contributed by atoms with Crippen molar-refractivity contribution in [3.05, 3.63) is 24.3 Å². The number of rotatable bonds is 5. The van der Waals surface area contributed by atoms with Gasteiger partial charge in [0.05, 0.1) is 6.54 Å². The summed E-state index contributed by atoms with van der Waals surface area (Å²) in [5.41, 5.74) is 6.72. The minimum Gasteiger partial charge on any atom is -0.381 e. The van der Waals surface area contributed by atoms with Crippen LogP contribution in [0, 0.1) is 0 Å². The Morgan fingerprint density at radius 3 is 1.97 bits per heavy atom. The van der Waals surface area contributed by atoms with E-state index in [-0.39, 0.29) is 36.6 Å². The molecule has 0 spiro atoms. The van der Waals surface area contributed by atoms with Crippen molar-refractivity contribution in [1.29, 1.82) is 0 Å². The van der Waals surface area contributed by atoms with Crippen LogP contribution in [-0.2, 0) is 14.3 Å². The third-order valence-corrected chi connectivity index (χ3v) is 5.58. The third-order valence-electron chi connectivity index (χ3n) is 5.58. The molecule has 0 radical (unpaired) electrons. The zero-order valence-electron chi connectivity index (χ0n) is 17.4. The predicted molar refractivity (Wildman–Crippen MR) is 125 cm³/mol. The van der Waals surface area contributed by atoms with Crippen LogP contribution in [0.1, 0.15) is 44.9 Å². The van der Waals surface area contributed by atoms with Crippen LogP contribution in [-0.4, -0.2) is 55.1 Å². The van der Waals surface area contributed by atoms with Gasteiger partial charge in [0.15, 0.2) is 0 Å². The highest BCUT2D eigenvalue weighted by Gasteiger charge is 2.35. The Bertz CT molecular complexity index is 659. The van der Waals surface area contributed by atoms with E-state index < -0.39 is 5.54 Å². The Morgan fingerprint density at radius 1 is 0.900 bits per heavy atom. The molecule has 7 nitrogen and oxygen atoms in total. The van der Waals surface area contributed by atoms with Gasteiger partial charge in [0.2, 0.25) is 11.8 Å². The lowest BCUT2D eigenvalue weighted by Crippen LogP contribution is -2.54. The minimum atomic E-state index is -0.878. The zero-order valence-corrected chi connectivity index (χ0v) is 19.0. The van der Waals surface area contributed by atoms with Crippen LogP contribution >= 0.6 is 24.8 Å². The van der Waals surface area contributed by atoms with Gasteiger partial charge in [-0.25, -0.2) is 0 Å². The van der Waals surface area contributed by atoms with E-state index >= 15 is 0 Å². The molecule has 0 saturated carbocycles. The van der Waals surface area contributed by atoms with Crippen molar-refractivity contribution in [2.24, 2.45) is 5.73 Å². The van der Waals surface area contributed by atoms with Gasteiger partial charge in [-0.15, -0.1) is 24.8 Å². The predicted octanol–water partition coefficient (Wildman–Crippen LogP) is 3.18. The molecule has 2 saturated heterocycles. The van der Waals surface area contributed by atoms with Crippen LogP contribution in [0.4, 0.5) is 11.4 Å². The van der Waals surface area contributed by atoms with Crippen molar-refractivity contribution >= 4 is 48.0 Å². The molecule has 2 heterocycles. The number of ether oxygens (including phenoxy) is 1. The number of nitrogens with two attached hydrogens (primary N) is 1. The second-order valence-corrected chi connectivity index (χ2v) is 7.89. The van der Waals surface area contributed by atoms with E-state index in [1.807, 2.05) is 0 Å². The number of nitrogens with one attached hydrogen (secondary N) is 2. The summed E-state index contributed by atoms with van der Waals surface area (Å²) in [6.45, 7) is 3.42. The Kier molecular flexibility index (Phi) is 11.7. The summed E-state index contributed by atoms with van der Waals surface area (Å²) >= 11 is 0. The maximum Gasteiger partial charge on any atom is 0.244 e. The highest BCUT2D eigenvalue weighted by atomic mass is 35.5. The summed E-state index contributed by atoms with van der Waals surface area (Å²) in [6.07, 6.45) is 7.17. The first-order valence-electron chi connectivity index (χ1n) is 10.4. The third kappa shape index (κ3) is 8.04. The molecule has 30 heavy (non-hydrogen) atoms. The SMILES string of the molecule is Cl.Cl.NC1(C(=O)Nc2ccc(NC(=O)CN3CCCCCCC3)cc2)CCOCC1. The topological polar surface area (TPSA) is 96.7 Å². The molecule has 2 amide bonds.